The number of nitrogens with one attached hydrogen (secondary N) is 1. The van der Waals surface area contributed by atoms with Crippen LogP contribution in [0.25, 0.3) is 10.9 Å². The summed E-state index contributed by atoms with van der Waals surface area (Å²) in [5.74, 6) is 7.66. The van der Waals surface area contributed by atoms with Gasteiger partial charge in [0.1, 0.15) is 0 Å². The molecule has 2 aromatic rings. The highest BCUT2D eigenvalue weighted by atomic mass is 32.2. The van der Waals surface area contributed by atoms with E-state index in [9.17, 15) is 0 Å². The number of nitrogens with zero attached hydrogens (tertiary/aromatic N) is 1. The number of hydrogen-bond donors (Lipinski definition) is 2. The van der Waals surface area contributed by atoms with Crippen LogP contribution in [0.5, 0.6) is 0 Å². The van der Waals surface area contributed by atoms with Gasteiger partial charge in [-0.2, -0.15) is 11.8 Å². The lowest BCUT2D eigenvalue weighted by atomic mass is 10.1. The fourth-order valence-corrected chi connectivity index (χ4v) is 2.51. The van der Waals surface area contributed by atoms with Gasteiger partial charge in [0.2, 0.25) is 0 Å². The number of pyridine rings is 1. The topological polar surface area (TPSA) is 50.9 Å². The molecule has 0 saturated carbocycles. The number of thioether (sulfide) groups is 1. The highest BCUT2D eigenvalue weighted by Crippen LogP contribution is 2.20. The largest absolute Gasteiger partial charge is 0.271 e. The van der Waals surface area contributed by atoms with Gasteiger partial charge in [-0.1, -0.05) is 25.1 Å². The van der Waals surface area contributed by atoms with Gasteiger partial charge >= 0.3 is 0 Å². The predicted octanol–water partition coefficient (Wildman–Crippen LogP) is 2.49. The van der Waals surface area contributed by atoms with Gasteiger partial charge in [0, 0.05) is 17.3 Å². The monoisotopic (exact) mass is 247 g/mol. The summed E-state index contributed by atoms with van der Waals surface area (Å²) < 4.78 is 0. The van der Waals surface area contributed by atoms with Crippen LogP contribution in [-0.4, -0.2) is 16.5 Å². The molecule has 0 saturated heterocycles. The van der Waals surface area contributed by atoms with Gasteiger partial charge in [-0.05, 0) is 23.4 Å². The summed E-state index contributed by atoms with van der Waals surface area (Å²) in [5, 5.41) is 1.16. The quantitative estimate of drug-likeness (QED) is 0.629. The second-order valence-electron chi connectivity index (χ2n) is 3.84. The van der Waals surface area contributed by atoms with Crippen molar-refractivity contribution in [1.29, 1.82) is 0 Å². The number of rotatable bonds is 5. The van der Waals surface area contributed by atoms with E-state index in [0.717, 1.165) is 28.0 Å². The van der Waals surface area contributed by atoms with Gasteiger partial charge in [0.25, 0.3) is 0 Å². The van der Waals surface area contributed by atoms with E-state index in [1.807, 2.05) is 36.2 Å². The highest BCUT2D eigenvalue weighted by Gasteiger charge is 2.10. The van der Waals surface area contributed by atoms with Crippen LogP contribution in [0, 0.1) is 0 Å². The van der Waals surface area contributed by atoms with Crippen LogP contribution in [0.4, 0.5) is 0 Å². The summed E-state index contributed by atoms with van der Waals surface area (Å²) in [5.41, 5.74) is 5.03. The zero-order chi connectivity index (χ0) is 12.1. The van der Waals surface area contributed by atoms with E-state index in [0.29, 0.717) is 0 Å². The number of aromatic nitrogens is 1. The molecule has 0 amide bonds. The standard InChI is InChI=1S/C13H17N3S/c1-2-17-9-13(16-14)11-7-10-5-3-4-6-12(10)15-8-11/h3-8,13,16H,2,9,14H2,1H3. The summed E-state index contributed by atoms with van der Waals surface area (Å²) in [6.45, 7) is 2.15. The summed E-state index contributed by atoms with van der Waals surface area (Å²) >= 11 is 1.87. The molecule has 0 fully saturated rings. The first kappa shape index (κ1) is 12.4. The van der Waals surface area contributed by atoms with Crippen molar-refractivity contribution in [3.8, 4) is 0 Å². The van der Waals surface area contributed by atoms with Crippen LogP contribution in [0.15, 0.2) is 36.5 Å². The average molecular weight is 247 g/mol. The maximum atomic E-state index is 5.60. The minimum atomic E-state index is 0.164. The van der Waals surface area contributed by atoms with Crippen LogP contribution in [0.2, 0.25) is 0 Å². The zero-order valence-electron chi connectivity index (χ0n) is 9.89. The maximum absolute atomic E-state index is 5.60. The molecule has 3 nitrogen and oxygen atoms in total. The zero-order valence-corrected chi connectivity index (χ0v) is 10.7. The number of hydrazine groups is 1. The fourth-order valence-electron chi connectivity index (χ4n) is 1.75. The van der Waals surface area contributed by atoms with Gasteiger partial charge < -0.3 is 0 Å². The number of fused-ring (bicyclic) bond motifs is 1. The van der Waals surface area contributed by atoms with Crippen LogP contribution in [0.3, 0.4) is 0 Å². The third kappa shape index (κ3) is 2.97. The minimum absolute atomic E-state index is 0.164. The molecule has 2 rings (SSSR count). The molecule has 4 heteroatoms. The lowest BCUT2D eigenvalue weighted by molar-refractivity contribution is 0.609. The van der Waals surface area contributed by atoms with Crippen LogP contribution in [0.1, 0.15) is 18.5 Å². The van der Waals surface area contributed by atoms with Crippen molar-refractivity contribution in [3.63, 3.8) is 0 Å². The average Bonchev–Trinajstić information content (AvgIpc) is 2.39. The molecule has 0 bridgehead atoms. The Hall–Kier alpha value is -1.10. The van der Waals surface area contributed by atoms with Crippen molar-refractivity contribution in [2.45, 2.75) is 13.0 Å². The second kappa shape index (κ2) is 6.00. The predicted molar refractivity (Wildman–Crippen MR) is 74.8 cm³/mol. The maximum Gasteiger partial charge on any atom is 0.0702 e. The minimum Gasteiger partial charge on any atom is -0.271 e. The van der Waals surface area contributed by atoms with E-state index in [4.69, 9.17) is 5.84 Å². The molecular weight excluding hydrogens is 230 g/mol. The van der Waals surface area contributed by atoms with Gasteiger partial charge in [-0.25, -0.2) is 0 Å². The Bertz CT molecular complexity index is 487. The lowest BCUT2D eigenvalue weighted by Gasteiger charge is -2.15. The number of hydrogen-bond acceptors (Lipinski definition) is 4. The lowest BCUT2D eigenvalue weighted by Crippen LogP contribution is -2.29. The highest BCUT2D eigenvalue weighted by molar-refractivity contribution is 7.99. The normalized spacial score (nSPS) is 12.8. The van der Waals surface area contributed by atoms with E-state index in [2.05, 4.69) is 29.5 Å². The Kier molecular flexibility index (Phi) is 4.36. The molecule has 1 unspecified atom stereocenters. The van der Waals surface area contributed by atoms with Gasteiger partial charge in [0.05, 0.1) is 11.6 Å². The van der Waals surface area contributed by atoms with Crippen LogP contribution < -0.4 is 11.3 Å². The first-order chi connectivity index (χ1) is 8.35. The van der Waals surface area contributed by atoms with Crippen LogP contribution in [-0.2, 0) is 0 Å². The Morgan fingerprint density at radius 3 is 3.00 bits per heavy atom. The van der Waals surface area contributed by atoms with Crippen molar-refractivity contribution < 1.29 is 0 Å². The van der Waals surface area contributed by atoms with Gasteiger partial charge in [0.15, 0.2) is 0 Å². The summed E-state index contributed by atoms with van der Waals surface area (Å²) in [6.07, 6.45) is 1.91. The smallest absolute Gasteiger partial charge is 0.0702 e. The Balaban J connectivity index is 2.27. The molecule has 90 valence electrons. The van der Waals surface area contributed by atoms with Crippen molar-refractivity contribution in [1.82, 2.24) is 10.4 Å². The van der Waals surface area contributed by atoms with E-state index in [1.165, 1.54) is 0 Å². The molecule has 1 aromatic carbocycles. The molecule has 0 aliphatic carbocycles. The molecule has 17 heavy (non-hydrogen) atoms. The van der Waals surface area contributed by atoms with Gasteiger partial charge in [-0.15, -0.1) is 0 Å². The Morgan fingerprint density at radius 2 is 2.24 bits per heavy atom. The summed E-state index contributed by atoms with van der Waals surface area (Å²) in [7, 11) is 0. The number of benzene rings is 1. The van der Waals surface area contributed by atoms with E-state index >= 15 is 0 Å². The fraction of sp³-hybridized carbons (Fsp3) is 0.308. The molecule has 1 aromatic heterocycles. The van der Waals surface area contributed by atoms with E-state index < -0.39 is 0 Å². The first-order valence-electron chi connectivity index (χ1n) is 5.73. The van der Waals surface area contributed by atoms with E-state index in [-0.39, 0.29) is 6.04 Å². The number of nitrogens with two attached hydrogens (primary N) is 1. The second-order valence-corrected chi connectivity index (χ2v) is 5.16. The Labute approximate surface area is 106 Å². The third-order valence-corrected chi connectivity index (χ3v) is 3.68. The molecular formula is C13H17N3S. The molecule has 0 radical (unpaired) electrons. The molecule has 3 N–H and O–H groups in total. The Morgan fingerprint density at radius 1 is 1.41 bits per heavy atom. The van der Waals surface area contributed by atoms with Crippen LogP contribution >= 0.6 is 11.8 Å². The van der Waals surface area contributed by atoms with Crippen molar-refractivity contribution in [2.75, 3.05) is 11.5 Å². The SMILES string of the molecule is CCSCC(NN)c1cnc2ccccc2c1. The van der Waals surface area contributed by atoms with Crippen molar-refractivity contribution in [2.24, 2.45) is 5.84 Å². The van der Waals surface area contributed by atoms with Gasteiger partial charge in [-0.3, -0.25) is 16.3 Å². The first-order valence-corrected chi connectivity index (χ1v) is 6.89. The molecule has 0 aliphatic heterocycles. The third-order valence-electron chi connectivity index (χ3n) is 2.70. The summed E-state index contributed by atoms with van der Waals surface area (Å²) in [6, 6.07) is 10.4. The van der Waals surface area contributed by atoms with Crippen molar-refractivity contribution >= 4 is 22.7 Å². The number of para-hydroxylation sites is 1. The van der Waals surface area contributed by atoms with E-state index in [1.54, 1.807) is 0 Å². The summed E-state index contributed by atoms with van der Waals surface area (Å²) in [4.78, 5) is 4.45. The van der Waals surface area contributed by atoms with Crippen molar-refractivity contribution in [3.05, 3.63) is 42.1 Å². The molecule has 1 atom stereocenters. The molecule has 0 spiro atoms. The molecule has 0 aliphatic rings. The molecule has 1 heterocycles.